The van der Waals surface area contributed by atoms with E-state index in [0.717, 1.165) is 17.2 Å². The van der Waals surface area contributed by atoms with Crippen molar-refractivity contribution in [1.82, 2.24) is 14.8 Å². The van der Waals surface area contributed by atoms with Crippen LogP contribution < -0.4 is 0 Å². The molecular weight excluding hydrogens is 302 g/mol. The fraction of sp³-hybridized carbons (Fsp3) is 0.467. The van der Waals surface area contributed by atoms with Crippen LogP contribution in [0.4, 0.5) is 0 Å². The lowest BCUT2D eigenvalue weighted by Crippen LogP contribution is -2.25. The van der Waals surface area contributed by atoms with Crippen LogP contribution in [0, 0.1) is 13.8 Å². The first-order valence-corrected chi connectivity index (χ1v) is 7.55. The Bertz CT molecular complexity index is 594. The Kier molecular flexibility index (Phi) is 3.81. The van der Waals surface area contributed by atoms with Gasteiger partial charge >= 0.3 is 0 Å². The highest BCUT2D eigenvalue weighted by atomic mass is 79.9. The summed E-state index contributed by atoms with van der Waals surface area (Å²) in [6, 6.07) is 6.32. The van der Waals surface area contributed by atoms with Crippen molar-refractivity contribution < 1.29 is 0 Å². The minimum atomic E-state index is -0.0435. The largest absolute Gasteiger partial charge is 0.305 e. The molecule has 102 valence electrons. The van der Waals surface area contributed by atoms with E-state index in [9.17, 15) is 0 Å². The molecule has 0 aliphatic carbocycles. The van der Waals surface area contributed by atoms with Crippen molar-refractivity contribution in [3.8, 4) is 11.4 Å². The lowest BCUT2D eigenvalue weighted by atomic mass is 10.0. The van der Waals surface area contributed by atoms with Crippen molar-refractivity contribution in [2.24, 2.45) is 0 Å². The Morgan fingerprint density at radius 1 is 1.16 bits per heavy atom. The quantitative estimate of drug-likeness (QED) is 0.775. The molecule has 1 aromatic carbocycles. The third-order valence-electron chi connectivity index (χ3n) is 3.37. The molecule has 0 N–H and O–H groups in total. The van der Waals surface area contributed by atoms with E-state index in [1.165, 1.54) is 11.1 Å². The van der Waals surface area contributed by atoms with E-state index in [1.54, 1.807) is 0 Å². The van der Waals surface area contributed by atoms with Crippen LogP contribution in [0.2, 0.25) is 0 Å². The Balaban J connectivity index is 2.70. The summed E-state index contributed by atoms with van der Waals surface area (Å²) >= 11 is 3.50. The molecule has 0 radical (unpaired) electrons. The van der Waals surface area contributed by atoms with Gasteiger partial charge in [-0.3, -0.25) is 0 Å². The highest BCUT2D eigenvalue weighted by molar-refractivity contribution is 9.08. The molecule has 0 saturated carbocycles. The molecule has 2 rings (SSSR count). The van der Waals surface area contributed by atoms with E-state index < -0.39 is 0 Å². The number of aromatic nitrogens is 3. The second-order valence-corrected chi connectivity index (χ2v) is 6.39. The molecule has 0 unspecified atom stereocenters. The van der Waals surface area contributed by atoms with Crippen molar-refractivity contribution in [2.45, 2.75) is 45.5 Å². The smallest absolute Gasteiger partial charge is 0.164 e. The summed E-state index contributed by atoms with van der Waals surface area (Å²) in [7, 11) is 0. The van der Waals surface area contributed by atoms with Gasteiger partial charge in [-0.1, -0.05) is 34.1 Å². The first-order chi connectivity index (χ1) is 8.86. The topological polar surface area (TPSA) is 30.7 Å². The third kappa shape index (κ3) is 2.59. The molecule has 3 nitrogen and oxygen atoms in total. The van der Waals surface area contributed by atoms with Crippen LogP contribution in [-0.4, -0.2) is 14.8 Å². The van der Waals surface area contributed by atoms with Crippen LogP contribution in [0.5, 0.6) is 0 Å². The maximum atomic E-state index is 4.41. The van der Waals surface area contributed by atoms with Crippen LogP contribution in [0.3, 0.4) is 0 Å². The lowest BCUT2D eigenvalue weighted by Gasteiger charge is -2.25. The van der Waals surface area contributed by atoms with Crippen molar-refractivity contribution in [2.75, 3.05) is 0 Å². The van der Waals surface area contributed by atoms with Gasteiger partial charge in [0.15, 0.2) is 5.82 Å². The molecule has 0 aliphatic rings. The van der Waals surface area contributed by atoms with Gasteiger partial charge in [0, 0.05) is 11.1 Å². The van der Waals surface area contributed by atoms with Crippen molar-refractivity contribution in [3.05, 3.63) is 35.2 Å². The van der Waals surface area contributed by atoms with Crippen LogP contribution in [0.15, 0.2) is 18.2 Å². The first-order valence-electron chi connectivity index (χ1n) is 6.43. The second-order valence-electron chi connectivity index (χ2n) is 5.83. The summed E-state index contributed by atoms with van der Waals surface area (Å²) in [6.07, 6.45) is 0. The van der Waals surface area contributed by atoms with Crippen molar-refractivity contribution in [3.63, 3.8) is 0 Å². The number of nitrogens with zero attached hydrogens (tertiary/aromatic N) is 3. The van der Waals surface area contributed by atoms with E-state index in [-0.39, 0.29) is 5.54 Å². The number of rotatable bonds is 2. The molecule has 1 heterocycles. The highest BCUT2D eigenvalue weighted by Crippen LogP contribution is 2.29. The SMILES string of the molecule is Cc1cccc(-c2nnc(CBr)n2C(C)(C)C)c1C. The molecule has 0 fully saturated rings. The molecule has 4 heteroatoms. The van der Waals surface area contributed by atoms with Crippen LogP contribution in [0.25, 0.3) is 11.4 Å². The Morgan fingerprint density at radius 3 is 2.42 bits per heavy atom. The van der Waals surface area contributed by atoms with Gasteiger partial charge in [-0.2, -0.15) is 0 Å². The molecule has 0 bridgehead atoms. The average Bonchev–Trinajstić information content (AvgIpc) is 2.76. The van der Waals surface area contributed by atoms with E-state index in [2.05, 4.69) is 83.5 Å². The van der Waals surface area contributed by atoms with Gasteiger partial charge in [-0.05, 0) is 45.7 Å². The van der Waals surface area contributed by atoms with Crippen LogP contribution >= 0.6 is 15.9 Å². The average molecular weight is 322 g/mol. The number of alkyl halides is 1. The predicted octanol–water partition coefficient (Wildman–Crippen LogP) is 4.21. The molecule has 0 aliphatic heterocycles. The monoisotopic (exact) mass is 321 g/mol. The summed E-state index contributed by atoms with van der Waals surface area (Å²) in [6.45, 7) is 10.8. The van der Waals surface area contributed by atoms with Crippen LogP contribution in [-0.2, 0) is 10.9 Å². The van der Waals surface area contributed by atoms with E-state index in [4.69, 9.17) is 0 Å². The Morgan fingerprint density at radius 2 is 1.84 bits per heavy atom. The normalized spacial score (nSPS) is 11.9. The molecule has 0 amide bonds. The zero-order chi connectivity index (χ0) is 14.2. The number of benzene rings is 1. The van der Waals surface area contributed by atoms with Gasteiger partial charge in [0.2, 0.25) is 0 Å². The highest BCUT2D eigenvalue weighted by Gasteiger charge is 2.24. The first kappa shape index (κ1) is 14.3. The van der Waals surface area contributed by atoms with E-state index >= 15 is 0 Å². The van der Waals surface area contributed by atoms with Gasteiger partial charge in [-0.15, -0.1) is 10.2 Å². The fourth-order valence-electron chi connectivity index (χ4n) is 2.28. The fourth-order valence-corrected chi connectivity index (χ4v) is 2.64. The van der Waals surface area contributed by atoms with Gasteiger partial charge in [0.05, 0.1) is 5.33 Å². The number of halogens is 1. The van der Waals surface area contributed by atoms with Crippen LogP contribution in [0.1, 0.15) is 37.7 Å². The molecule has 2 aromatic rings. The third-order valence-corrected chi connectivity index (χ3v) is 3.87. The maximum absolute atomic E-state index is 4.41. The number of hydrogen-bond acceptors (Lipinski definition) is 2. The number of hydrogen-bond donors (Lipinski definition) is 0. The minimum Gasteiger partial charge on any atom is -0.305 e. The summed E-state index contributed by atoms with van der Waals surface area (Å²) in [5.41, 5.74) is 3.66. The lowest BCUT2D eigenvalue weighted by molar-refractivity contribution is 0.391. The zero-order valence-corrected chi connectivity index (χ0v) is 13.7. The minimum absolute atomic E-state index is 0.0435. The summed E-state index contributed by atoms with van der Waals surface area (Å²) < 4.78 is 2.21. The second kappa shape index (κ2) is 5.08. The van der Waals surface area contributed by atoms with Gasteiger partial charge in [-0.25, -0.2) is 0 Å². The Hall–Kier alpha value is -1.16. The zero-order valence-electron chi connectivity index (χ0n) is 12.2. The van der Waals surface area contributed by atoms with Crippen molar-refractivity contribution in [1.29, 1.82) is 0 Å². The summed E-state index contributed by atoms with van der Waals surface area (Å²) in [5, 5.41) is 9.43. The Labute approximate surface area is 123 Å². The van der Waals surface area contributed by atoms with E-state index in [1.807, 2.05) is 0 Å². The molecular formula is C15H20BrN3. The summed E-state index contributed by atoms with van der Waals surface area (Å²) in [4.78, 5) is 0. The predicted molar refractivity (Wildman–Crippen MR) is 82.6 cm³/mol. The summed E-state index contributed by atoms with van der Waals surface area (Å²) in [5.74, 6) is 1.91. The van der Waals surface area contributed by atoms with Gasteiger partial charge < -0.3 is 4.57 Å². The molecule has 0 saturated heterocycles. The molecule has 0 atom stereocenters. The van der Waals surface area contributed by atoms with Gasteiger partial charge in [0.1, 0.15) is 5.82 Å². The number of aryl methyl sites for hydroxylation is 1. The molecule has 1 aromatic heterocycles. The molecule has 0 spiro atoms. The standard InChI is InChI=1S/C15H20BrN3/c1-10-7-6-8-12(11(10)2)14-18-17-13(9-16)19(14)15(3,4)5/h6-8H,9H2,1-5H3. The molecule has 19 heavy (non-hydrogen) atoms. The van der Waals surface area contributed by atoms with E-state index in [0.29, 0.717) is 5.33 Å². The maximum Gasteiger partial charge on any atom is 0.164 e. The van der Waals surface area contributed by atoms with Crippen molar-refractivity contribution >= 4 is 15.9 Å². The van der Waals surface area contributed by atoms with Gasteiger partial charge in [0.25, 0.3) is 0 Å².